The summed E-state index contributed by atoms with van der Waals surface area (Å²) < 4.78 is 1.73. The maximum atomic E-state index is 6.07. The van der Waals surface area contributed by atoms with E-state index in [-0.39, 0.29) is 0 Å². The molecule has 0 amide bonds. The molecule has 0 aliphatic rings. The molecule has 0 fully saturated rings. The van der Waals surface area contributed by atoms with Gasteiger partial charge in [0.05, 0.1) is 17.3 Å². The Bertz CT molecular complexity index is 1010. The first-order valence-corrected chi connectivity index (χ1v) is 7.93. The molecule has 4 aromatic rings. The van der Waals surface area contributed by atoms with E-state index in [1.54, 1.807) is 10.9 Å². The Morgan fingerprint density at radius 3 is 2.54 bits per heavy atom. The molecule has 0 bridgehead atoms. The van der Waals surface area contributed by atoms with Crippen molar-refractivity contribution in [2.75, 3.05) is 5.32 Å². The lowest BCUT2D eigenvalue weighted by Gasteiger charge is -2.07. The zero-order valence-electron chi connectivity index (χ0n) is 12.3. The summed E-state index contributed by atoms with van der Waals surface area (Å²) in [4.78, 5) is 8.66. The molecule has 0 aliphatic carbocycles. The molecule has 0 radical (unpaired) electrons. The van der Waals surface area contributed by atoms with E-state index in [0.29, 0.717) is 21.5 Å². The summed E-state index contributed by atoms with van der Waals surface area (Å²) in [6, 6.07) is 14.9. The lowest BCUT2D eigenvalue weighted by Crippen LogP contribution is -1.99. The molecule has 2 aromatic heterocycles. The predicted molar refractivity (Wildman–Crippen MR) is 96.4 cm³/mol. The van der Waals surface area contributed by atoms with Crippen LogP contribution in [0, 0.1) is 0 Å². The molecule has 0 aliphatic heterocycles. The van der Waals surface area contributed by atoms with Crippen LogP contribution < -0.4 is 5.32 Å². The van der Waals surface area contributed by atoms with Crippen molar-refractivity contribution in [3.05, 3.63) is 71.1 Å². The summed E-state index contributed by atoms with van der Waals surface area (Å²) in [5, 5.41) is 9.82. The number of benzene rings is 2. The SMILES string of the molecule is Clc1ccc(Nc2ncnc3c2cnn3-c2cccc(Cl)c2)cc1. The molecule has 0 atom stereocenters. The monoisotopic (exact) mass is 355 g/mol. The van der Waals surface area contributed by atoms with E-state index < -0.39 is 0 Å². The van der Waals surface area contributed by atoms with Gasteiger partial charge in [-0.3, -0.25) is 0 Å². The van der Waals surface area contributed by atoms with Crippen molar-refractivity contribution in [1.82, 2.24) is 19.7 Å². The van der Waals surface area contributed by atoms with Crippen molar-refractivity contribution in [1.29, 1.82) is 0 Å². The third-order valence-electron chi connectivity index (χ3n) is 3.53. The van der Waals surface area contributed by atoms with Gasteiger partial charge in [-0.2, -0.15) is 5.10 Å². The molecule has 118 valence electrons. The van der Waals surface area contributed by atoms with E-state index >= 15 is 0 Å². The smallest absolute Gasteiger partial charge is 0.168 e. The second-order valence-corrected chi connectivity index (χ2v) is 6.00. The van der Waals surface area contributed by atoms with E-state index in [1.807, 2.05) is 48.5 Å². The molecule has 4 rings (SSSR count). The highest BCUT2D eigenvalue weighted by molar-refractivity contribution is 6.31. The van der Waals surface area contributed by atoms with Crippen LogP contribution in [-0.2, 0) is 0 Å². The van der Waals surface area contributed by atoms with Gasteiger partial charge in [0, 0.05) is 15.7 Å². The second-order valence-electron chi connectivity index (χ2n) is 5.13. The Balaban J connectivity index is 1.77. The highest BCUT2D eigenvalue weighted by Crippen LogP contribution is 2.25. The Kier molecular flexibility index (Phi) is 3.80. The first-order chi connectivity index (χ1) is 11.7. The maximum absolute atomic E-state index is 6.07. The van der Waals surface area contributed by atoms with Crippen molar-refractivity contribution in [2.45, 2.75) is 0 Å². The van der Waals surface area contributed by atoms with Crippen molar-refractivity contribution in [2.24, 2.45) is 0 Å². The quantitative estimate of drug-likeness (QED) is 0.569. The molecular formula is C17H11Cl2N5. The van der Waals surface area contributed by atoms with Crippen molar-refractivity contribution >= 4 is 45.7 Å². The van der Waals surface area contributed by atoms with Crippen LogP contribution in [0.25, 0.3) is 16.7 Å². The molecule has 0 spiro atoms. The Morgan fingerprint density at radius 2 is 1.75 bits per heavy atom. The molecule has 0 saturated heterocycles. The van der Waals surface area contributed by atoms with Crippen LogP contribution in [0.3, 0.4) is 0 Å². The normalized spacial score (nSPS) is 10.9. The molecule has 0 unspecified atom stereocenters. The van der Waals surface area contributed by atoms with Gasteiger partial charge in [-0.1, -0.05) is 29.3 Å². The number of nitrogens with one attached hydrogen (secondary N) is 1. The van der Waals surface area contributed by atoms with Crippen LogP contribution in [0.4, 0.5) is 11.5 Å². The van der Waals surface area contributed by atoms with Crippen LogP contribution in [-0.4, -0.2) is 19.7 Å². The first kappa shape index (κ1) is 14.9. The first-order valence-electron chi connectivity index (χ1n) is 7.18. The van der Waals surface area contributed by atoms with Crippen molar-refractivity contribution in [3.8, 4) is 5.69 Å². The molecule has 7 heteroatoms. The fraction of sp³-hybridized carbons (Fsp3) is 0. The number of fused-ring (bicyclic) bond motifs is 1. The van der Waals surface area contributed by atoms with Gasteiger partial charge < -0.3 is 5.32 Å². The number of halogens is 2. The standard InChI is InChI=1S/C17H11Cl2N5/c18-11-4-6-13(7-5-11)23-16-15-9-22-24(17(15)21-10-20-16)14-3-1-2-12(19)8-14/h1-10H,(H,20,21,23). The van der Waals surface area contributed by atoms with E-state index in [2.05, 4.69) is 20.4 Å². The van der Waals surface area contributed by atoms with Gasteiger partial charge in [-0.05, 0) is 42.5 Å². The Hall–Kier alpha value is -2.63. The molecule has 0 saturated carbocycles. The van der Waals surface area contributed by atoms with Gasteiger partial charge in [0.2, 0.25) is 0 Å². The minimum Gasteiger partial charge on any atom is -0.340 e. The summed E-state index contributed by atoms with van der Waals surface area (Å²) in [5.41, 5.74) is 2.42. The predicted octanol–water partition coefficient (Wildman–Crippen LogP) is 4.87. The minimum absolute atomic E-state index is 0.643. The summed E-state index contributed by atoms with van der Waals surface area (Å²) in [6.07, 6.45) is 3.23. The number of aromatic nitrogens is 4. The topological polar surface area (TPSA) is 55.6 Å². The molecular weight excluding hydrogens is 345 g/mol. The molecule has 5 nitrogen and oxygen atoms in total. The fourth-order valence-corrected chi connectivity index (χ4v) is 2.72. The van der Waals surface area contributed by atoms with Crippen molar-refractivity contribution in [3.63, 3.8) is 0 Å². The van der Waals surface area contributed by atoms with Crippen LogP contribution >= 0.6 is 23.2 Å². The summed E-state index contributed by atoms with van der Waals surface area (Å²) in [6.45, 7) is 0. The number of hydrogen-bond acceptors (Lipinski definition) is 4. The van der Waals surface area contributed by atoms with Gasteiger partial charge in [0.15, 0.2) is 5.65 Å². The largest absolute Gasteiger partial charge is 0.340 e. The fourth-order valence-electron chi connectivity index (χ4n) is 2.41. The highest BCUT2D eigenvalue weighted by atomic mass is 35.5. The maximum Gasteiger partial charge on any atom is 0.168 e. The number of anilines is 2. The van der Waals surface area contributed by atoms with E-state index in [0.717, 1.165) is 16.8 Å². The highest BCUT2D eigenvalue weighted by Gasteiger charge is 2.11. The summed E-state index contributed by atoms with van der Waals surface area (Å²) >= 11 is 12.0. The molecule has 2 aromatic carbocycles. The van der Waals surface area contributed by atoms with Gasteiger partial charge in [-0.15, -0.1) is 0 Å². The van der Waals surface area contributed by atoms with Crippen LogP contribution in [0.1, 0.15) is 0 Å². The third kappa shape index (κ3) is 2.79. The number of rotatable bonds is 3. The van der Waals surface area contributed by atoms with Crippen LogP contribution in [0.5, 0.6) is 0 Å². The van der Waals surface area contributed by atoms with Crippen molar-refractivity contribution < 1.29 is 0 Å². The Labute approximate surface area is 147 Å². The van der Waals surface area contributed by atoms with Crippen LogP contribution in [0.2, 0.25) is 10.0 Å². The lowest BCUT2D eigenvalue weighted by molar-refractivity contribution is 0.895. The van der Waals surface area contributed by atoms with Gasteiger partial charge in [0.25, 0.3) is 0 Å². The molecule has 2 heterocycles. The third-order valence-corrected chi connectivity index (χ3v) is 4.01. The van der Waals surface area contributed by atoms with Gasteiger partial charge >= 0.3 is 0 Å². The second kappa shape index (κ2) is 6.11. The Morgan fingerprint density at radius 1 is 0.917 bits per heavy atom. The minimum atomic E-state index is 0.643. The van der Waals surface area contributed by atoms with Gasteiger partial charge in [-0.25, -0.2) is 14.6 Å². The summed E-state index contributed by atoms with van der Waals surface area (Å²) in [5.74, 6) is 0.676. The zero-order valence-corrected chi connectivity index (χ0v) is 13.8. The zero-order chi connectivity index (χ0) is 16.5. The molecule has 1 N–H and O–H groups in total. The average molecular weight is 356 g/mol. The van der Waals surface area contributed by atoms with E-state index in [9.17, 15) is 0 Å². The van der Waals surface area contributed by atoms with Crippen LogP contribution in [0.15, 0.2) is 61.1 Å². The number of nitrogens with zero attached hydrogens (tertiary/aromatic N) is 4. The summed E-state index contributed by atoms with van der Waals surface area (Å²) in [7, 11) is 0. The molecule has 24 heavy (non-hydrogen) atoms. The van der Waals surface area contributed by atoms with Gasteiger partial charge in [0.1, 0.15) is 12.1 Å². The number of hydrogen-bond donors (Lipinski definition) is 1. The van der Waals surface area contributed by atoms with E-state index in [1.165, 1.54) is 6.33 Å². The average Bonchev–Trinajstić information content (AvgIpc) is 3.02. The van der Waals surface area contributed by atoms with E-state index in [4.69, 9.17) is 23.2 Å². The lowest BCUT2D eigenvalue weighted by atomic mass is 10.3.